The van der Waals surface area contributed by atoms with Crippen molar-refractivity contribution in [3.63, 3.8) is 0 Å². The van der Waals surface area contributed by atoms with Crippen LogP contribution < -0.4 is 5.32 Å². The molecule has 6 rings (SSSR count). The first-order valence-electron chi connectivity index (χ1n) is 20.6. The van der Waals surface area contributed by atoms with Gasteiger partial charge in [-0.3, -0.25) is 14.4 Å². The number of ether oxygens (including phenoxy) is 1. The molecule has 0 spiro atoms. The highest BCUT2D eigenvalue weighted by Crippen LogP contribution is 2.78. The van der Waals surface area contributed by atoms with E-state index in [2.05, 4.69) is 60.4 Å². The highest BCUT2D eigenvalue weighted by atomic mass is 16.5. The average molecular weight is 694 g/mol. The maximum Gasteiger partial charge on any atom is 0.309 e. The van der Waals surface area contributed by atoms with Crippen molar-refractivity contribution < 1.29 is 24.2 Å². The Morgan fingerprint density at radius 2 is 1.50 bits per heavy atom. The van der Waals surface area contributed by atoms with Crippen LogP contribution in [0.5, 0.6) is 0 Å². The van der Waals surface area contributed by atoms with Gasteiger partial charge in [-0.25, -0.2) is 0 Å². The van der Waals surface area contributed by atoms with Gasteiger partial charge in [0.05, 0.1) is 11.8 Å². The summed E-state index contributed by atoms with van der Waals surface area (Å²) < 4.78 is 6.19. The molecule has 0 aromatic rings. The lowest BCUT2D eigenvalue weighted by Gasteiger charge is -2.73. The Labute approximate surface area is 304 Å². The van der Waals surface area contributed by atoms with E-state index in [1.807, 2.05) is 0 Å². The molecule has 6 aliphatic carbocycles. The molecule has 0 saturated heterocycles. The van der Waals surface area contributed by atoms with E-state index in [-0.39, 0.29) is 45.6 Å². The summed E-state index contributed by atoms with van der Waals surface area (Å²) in [5.74, 6) is 2.42. The summed E-state index contributed by atoms with van der Waals surface area (Å²) >= 11 is 0. The van der Waals surface area contributed by atoms with Gasteiger partial charge in [-0.2, -0.15) is 0 Å². The summed E-state index contributed by atoms with van der Waals surface area (Å²) in [6.07, 6.45) is 16.5. The topological polar surface area (TPSA) is 92.7 Å². The van der Waals surface area contributed by atoms with Crippen molar-refractivity contribution in [3.05, 3.63) is 12.2 Å². The van der Waals surface area contributed by atoms with Gasteiger partial charge in [0.2, 0.25) is 5.91 Å². The number of hydrogen-bond acceptors (Lipinski definition) is 4. The lowest BCUT2D eigenvalue weighted by atomic mass is 9.32. The molecule has 6 saturated carbocycles. The van der Waals surface area contributed by atoms with Crippen molar-refractivity contribution in [1.29, 1.82) is 0 Å². The fraction of sp³-hybridized carbons (Fsp3) is 0.886. The largest absolute Gasteiger partial charge is 0.481 e. The minimum Gasteiger partial charge on any atom is -0.481 e. The third-order valence-electron chi connectivity index (χ3n) is 17.5. The van der Waals surface area contributed by atoms with Gasteiger partial charge in [-0.05, 0) is 168 Å². The number of aliphatic carboxylic acids is 1. The number of amides is 1. The number of carbonyl (C=O) groups excluding carboxylic acids is 2. The van der Waals surface area contributed by atoms with Crippen LogP contribution >= 0.6 is 0 Å². The molecule has 50 heavy (non-hydrogen) atoms. The summed E-state index contributed by atoms with van der Waals surface area (Å²) in [4.78, 5) is 38.7. The average Bonchev–Trinajstić information content (AvgIpc) is 3.39. The fourth-order valence-electron chi connectivity index (χ4n) is 14.4. The van der Waals surface area contributed by atoms with Crippen LogP contribution in [0.3, 0.4) is 0 Å². The van der Waals surface area contributed by atoms with Gasteiger partial charge in [0.15, 0.2) is 0 Å². The predicted octanol–water partition coefficient (Wildman–Crippen LogP) is 10.1. The van der Waals surface area contributed by atoms with E-state index in [4.69, 9.17) is 4.74 Å². The molecule has 0 heterocycles. The second-order valence-corrected chi connectivity index (χ2v) is 21.0. The Kier molecular flexibility index (Phi) is 9.79. The molecule has 0 radical (unpaired) electrons. The number of rotatable bonds is 8. The second kappa shape index (κ2) is 12.9. The molecule has 1 amide bonds. The van der Waals surface area contributed by atoms with Gasteiger partial charge in [-0.1, -0.05) is 53.7 Å². The number of carbonyl (C=O) groups is 3. The maximum absolute atomic E-state index is 13.9. The van der Waals surface area contributed by atoms with E-state index in [1.165, 1.54) is 50.5 Å². The van der Waals surface area contributed by atoms with Gasteiger partial charge in [0, 0.05) is 17.9 Å². The lowest BCUT2D eigenvalue weighted by Crippen LogP contribution is -2.67. The van der Waals surface area contributed by atoms with Crippen LogP contribution in [0.1, 0.15) is 165 Å². The van der Waals surface area contributed by atoms with Crippen molar-refractivity contribution in [1.82, 2.24) is 5.32 Å². The Morgan fingerprint density at radius 1 is 0.820 bits per heavy atom. The van der Waals surface area contributed by atoms with Crippen LogP contribution in [0, 0.1) is 68.0 Å². The number of esters is 1. The molecule has 0 aliphatic heterocycles. The van der Waals surface area contributed by atoms with Gasteiger partial charge < -0.3 is 15.2 Å². The molecule has 10 atom stereocenters. The number of carboxylic acids is 1. The molecule has 6 aliphatic rings. The zero-order valence-corrected chi connectivity index (χ0v) is 33.2. The smallest absolute Gasteiger partial charge is 0.309 e. The standard InChI is InChI=1S/C44H71NO5/c1-27(2)30-17-22-44(25-35(46)45-29-13-11-28(3)12-14-29)24-23-42(9)31(37(30)44)15-16-33-41(8)20-19-34(50-36(47)26-39(4,5)38(48)49)40(6,7)32(41)18-21-43(33,42)10/h28-34,37H,1,11-26H2,2-10H3,(H,45,46)(H,48,49)/t28-,29-,30-,31+,32-,33+,34-,37+,41-,42+,43+,44+/m0/s1. The molecule has 6 fully saturated rings. The Bertz CT molecular complexity index is 1360. The molecule has 0 aromatic carbocycles. The highest BCUT2D eigenvalue weighted by Gasteiger charge is 2.71. The predicted molar refractivity (Wildman–Crippen MR) is 199 cm³/mol. The van der Waals surface area contributed by atoms with Crippen molar-refractivity contribution >= 4 is 17.8 Å². The number of fused-ring (bicyclic) bond motifs is 7. The third kappa shape index (κ3) is 6.01. The Balaban J connectivity index is 1.22. The van der Waals surface area contributed by atoms with Crippen molar-refractivity contribution in [3.8, 4) is 0 Å². The second-order valence-electron chi connectivity index (χ2n) is 21.0. The van der Waals surface area contributed by atoms with E-state index in [0.717, 1.165) is 50.9 Å². The monoisotopic (exact) mass is 694 g/mol. The van der Waals surface area contributed by atoms with Crippen molar-refractivity contribution in [2.24, 2.45) is 68.0 Å². The molecule has 2 N–H and O–H groups in total. The quantitative estimate of drug-likeness (QED) is 0.195. The molecule has 0 unspecified atom stereocenters. The summed E-state index contributed by atoms with van der Waals surface area (Å²) in [6.45, 7) is 24.9. The number of nitrogens with one attached hydrogen (secondary N) is 1. The van der Waals surface area contributed by atoms with Crippen LogP contribution in [0.25, 0.3) is 0 Å². The minimum atomic E-state index is -1.14. The molecular weight excluding hydrogens is 622 g/mol. The first-order chi connectivity index (χ1) is 23.2. The SMILES string of the molecule is C=C(C)[C@@H]1CC[C@]2(CC(=O)N[C@H]3CC[C@H](C)CC3)CC[C@]3(C)[C@H](CC[C@@H]4[C@@]5(C)CC[C@H](OC(=O)CC(C)(C)C(=O)O)C(C)(C)[C@@H]5CC[C@]43C)[C@@H]12. The molecule has 0 aromatic heterocycles. The van der Waals surface area contributed by atoms with E-state index in [1.54, 1.807) is 13.8 Å². The number of carboxylic acid groups (broad SMARTS) is 1. The molecule has 0 bridgehead atoms. The summed E-state index contributed by atoms with van der Waals surface area (Å²) in [7, 11) is 0. The summed E-state index contributed by atoms with van der Waals surface area (Å²) in [5.41, 5.74) is 0.670. The summed E-state index contributed by atoms with van der Waals surface area (Å²) in [5, 5.41) is 13.1. The summed E-state index contributed by atoms with van der Waals surface area (Å²) in [6, 6.07) is 0.352. The first kappa shape index (κ1) is 37.9. The third-order valence-corrected chi connectivity index (χ3v) is 17.5. The van der Waals surface area contributed by atoms with Crippen LogP contribution in [-0.4, -0.2) is 35.1 Å². The molecule has 282 valence electrons. The van der Waals surface area contributed by atoms with E-state index in [0.29, 0.717) is 48.0 Å². The Morgan fingerprint density at radius 3 is 2.14 bits per heavy atom. The maximum atomic E-state index is 13.9. The normalized spacial score (nSPS) is 45.2. The highest BCUT2D eigenvalue weighted by molar-refractivity contribution is 5.81. The lowest BCUT2D eigenvalue weighted by molar-refractivity contribution is -0.250. The zero-order chi connectivity index (χ0) is 36.7. The van der Waals surface area contributed by atoms with E-state index in [9.17, 15) is 19.5 Å². The van der Waals surface area contributed by atoms with Crippen LogP contribution in [0.4, 0.5) is 0 Å². The first-order valence-corrected chi connectivity index (χ1v) is 20.6. The minimum absolute atomic E-state index is 0.0866. The number of allylic oxidation sites excluding steroid dienone is 1. The van der Waals surface area contributed by atoms with Gasteiger partial charge in [0.25, 0.3) is 0 Å². The van der Waals surface area contributed by atoms with Crippen LogP contribution in [-0.2, 0) is 19.1 Å². The van der Waals surface area contributed by atoms with Gasteiger partial charge in [-0.15, -0.1) is 0 Å². The van der Waals surface area contributed by atoms with Crippen molar-refractivity contribution in [2.45, 2.75) is 177 Å². The number of hydrogen-bond donors (Lipinski definition) is 2. The fourth-order valence-corrected chi connectivity index (χ4v) is 14.4. The molecular formula is C44H71NO5. The van der Waals surface area contributed by atoms with E-state index >= 15 is 0 Å². The zero-order valence-electron chi connectivity index (χ0n) is 33.2. The van der Waals surface area contributed by atoms with E-state index < -0.39 is 11.4 Å². The van der Waals surface area contributed by atoms with Gasteiger partial charge in [0.1, 0.15) is 6.10 Å². The van der Waals surface area contributed by atoms with Crippen LogP contribution in [0.2, 0.25) is 0 Å². The van der Waals surface area contributed by atoms with Crippen LogP contribution in [0.15, 0.2) is 12.2 Å². The van der Waals surface area contributed by atoms with Crippen molar-refractivity contribution in [2.75, 3.05) is 0 Å². The molecule has 6 heteroatoms. The Hall–Kier alpha value is -1.85. The molecule has 6 nitrogen and oxygen atoms in total. The van der Waals surface area contributed by atoms with Gasteiger partial charge >= 0.3 is 11.9 Å².